The van der Waals surface area contributed by atoms with Gasteiger partial charge in [-0.25, -0.2) is 18.5 Å². The third kappa shape index (κ3) is 2.49. The molecule has 1 aromatic rings. The lowest BCUT2D eigenvalue weighted by Gasteiger charge is -1.91. The van der Waals surface area contributed by atoms with E-state index in [4.69, 9.17) is 5.14 Å². The summed E-state index contributed by atoms with van der Waals surface area (Å²) in [5, 5.41) is 7.74. The molecule has 1 fully saturated rings. The number of primary sulfonamides is 1. The number of aromatic nitrogens is 1. The van der Waals surface area contributed by atoms with Crippen molar-refractivity contribution in [2.45, 2.75) is 24.5 Å². The van der Waals surface area contributed by atoms with E-state index in [2.05, 4.69) is 4.98 Å². The lowest BCUT2D eigenvalue weighted by molar-refractivity contribution is 0.596. The zero-order valence-corrected chi connectivity index (χ0v) is 8.57. The van der Waals surface area contributed by atoms with Crippen molar-refractivity contribution in [2.75, 3.05) is 0 Å². The number of hydrogen-bond donors (Lipinski definition) is 1. The third-order valence-corrected chi connectivity index (χ3v) is 3.60. The molecule has 0 amide bonds. The van der Waals surface area contributed by atoms with E-state index in [1.54, 1.807) is 5.38 Å². The summed E-state index contributed by atoms with van der Waals surface area (Å²) in [7, 11) is -3.42. The topological polar surface area (TPSA) is 73.1 Å². The third-order valence-electron chi connectivity index (χ3n) is 1.85. The van der Waals surface area contributed by atoms with Crippen LogP contribution in [0.15, 0.2) is 5.38 Å². The minimum Gasteiger partial charge on any atom is -0.245 e. The number of sulfonamides is 1. The zero-order valence-electron chi connectivity index (χ0n) is 6.93. The lowest BCUT2D eigenvalue weighted by Crippen LogP contribution is -2.14. The fraction of sp³-hybridized carbons (Fsp3) is 0.571. The van der Waals surface area contributed by atoms with E-state index in [1.165, 1.54) is 24.2 Å². The van der Waals surface area contributed by atoms with Crippen LogP contribution in [0.25, 0.3) is 0 Å². The first-order valence-electron chi connectivity index (χ1n) is 3.99. The summed E-state index contributed by atoms with van der Waals surface area (Å²) in [6.07, 6.45) is 2.37. The molecule has 0 unspecified atom stereocenters. The first-order chi connectivity index (χ1) is 6.04. The number of nitrogens with two attached hydrogens (primary N) is 1. The summed E-state index contributed by atoms with van der Waals surface area (Å²) >= 11 is 1.53. The zero-order chi connectivity index (χ0) is 9.47. The maximum atomic E-state index is 10.7. The molecule has 2 N–H and O–H groups in total. The normalized spacial score (nSPS) is 17.6. The Kier molecular flexibility index (Phi) is 2.13. The highest BCUT2D eigenvalue weighted by atomic mass is 32.2. The second-order valence-corrected chi connectivity index (χ2v) is 5.76. The van der Waals surface area contributed by atoms with Gasteiger partial charge in [-0.1, -0.05) is 0 Å². The van der Waals surface area contributed by atoms with Crippen LogP contribution >= 0.6 is 11.3 Å². The van der Waals surface area contributed by atoms with E-state index in [1.807, 2.05) is 0 Å². The highest BCUT2D eigenvalue weighted by Gasteiger charge is 2.26. The fourth-order valence-electron chi connectivity index (χ4n) is 1.11. The molecule has 0 aromatic carbocycles. The molecule has 6 heteroatoms. The highest BCUT2D eigenvalue weighted by molar-refractivity contribution is 7.88. The molecule has 72 valence electrons. The first kappa shape index (κ1) is 9.11. The Labute approximate surface area is 80.8 Å². The van der Waals surface area contributed by atoms with Crippen LogP contribution in [0.2, 0.25) is 0 Å². The van der Waals surface area contributed by atoms with E-state index in [9.17, 15) is 8.42 Å². The number of nitrogens with zero attached hydrogens (tertiary/aromatic N) is 1. The fourth-order valence-corrected chi connectivity index (χ4v) is 2.77. The van der Waals surface area contributed by atoms with E-state index in [0.717, 1.165) is 5.01 Å². The Morgan fingerprint density at radius 3 is 2.85 bits per heavy atom. The maximum absolute atomic E-state index is 10.7. The van der Waals surface area contributed by atoms with Gasteiger partial charge in [-0.15, -0.1) is 11.3 Å². The van der Waals surface area contributed by atoms with Crippen LogP contribution in [0.1, 0.15) is 29.5 Å². The molecular formula is C7H10N2O2S2. The Bertz CT molecular complexity index is 406. The van der Waals surface area contributed by atoms with Gasteiger partial charge in [0, 0.05) is 11.3 Å². The van der Waals surface area contributed by atoms with Crippen molar-refractivity contribution in [1.82, 2.24) is 4.98 Å². The summed E-state index contributed by atoms with van der Waals surface area (Å²) < 4.78 is 21.5. The molecule has 0 radical (unpaired) electrons. The van der Waals surface area contributed by atoms with Crippen molar-refractivity contribution in [3.05, 3.63) is 16.1 Å². The van der Waals surface area contributed by atoms with Crippen molar-refractivity contribution in [3.8, 4) is 0 Å². The quantitative estimate of drug-likeness (QED) is 0.816. The predicted octanol–water partition coefficient (Wildman–Crippen LogP) is 0.809. The van der Waals surface area contributed by atoms with Crippen molar-refractivity contribution < 1.29 is 8.42 Å². The molecule has 1 saturated carbocycles. The molecule has 13 heavy (non-hydrogen) atoms. The van der Waals surface area contributed by atoms with Crippen LogP contribution in [-0.4, -0.2) is 13.4 Å². The van der Waals surface area contributed by atoms with Gasteiger partial charge in [0.15, 0.2) is 0 Å². The van der Waals surface area contributed by atoms with Gasteiger partial charge in [0.1, 0.15) is 5.75 Å². The number of rotatable bonds is 3. The van der Waals surface area contributed by atoms with Crippen LogP contribution in [0.5, 0.6) is 0 Å². The van der Waals surface area contributed by atoms with Crippen LogP contribution in [0.4, 0.5) is 0 Å². The molecule has 1 heterocycles. The monoisotopic (exact) mass is 218 g/mol. The average molecular weight is 218 g/mol. The molecule has 1 aliphatic carbocycles. The minimum atomic E-state index is -3.42. The maximum Gasteiger partial charge on any atom is 0.214 e. The smallest absolute Gasteiger partial charge is 0.214 e. The van der Waals surface area contributed by atoms with E-state index < -0.39 is 10.0 Å². The SMILES string of the molecule is NS(=O)(=O)Cc1csc(C2CC2)n1. The molecule has 1 aromatic heterocycles. The number of hydrogen-bond acceptors (Lipinski definition) is 4. The standard InChI is InChI=1S/C7H10N2O2S2/c8-13(10,11)4-6-3-12-7(9-6)5-1-2-5/h3,5H,1-2,4H2,(H2,8,10,11). The van der Waals surface area contributed by atoms with Crippen LogP contribution in [0, 0.1) is 0 Å². The summed E-state index contributed by atoms with van der Waals surface area (Å²) in [5.41, 5.74) is 0.578. The molecule has 0 spiro atoms. The van der Waals surface area contributed by atoms with E-state index in [0.29, 0.717) is 11.6 Å². The van der Waals surface area contributed by atoms with Gasteiger partial charge in [-0.2, -0.15) is 0 Å². The first-order valence-corrected chi connectivity index (χ1v) is 6.59. The Morgan fingerprint density at radius 2 is 2.31 bits per heavy atom. The van der Waals surface area contributed by atoms with Gasteiger partial charge in [-0.05, 0) is 12.8 Å². The molecule has 2 rings (SSSR count). The van der Waals surface area contributed by atoms with E-state index in [-0.39, 0.29) is 5.75 Å². The Morgan fingerprint density at radius 1 is 1.62 bits per heavy atom. The van der Waals surface area contributed by atoms with Crippen molar-refractivity contribution in [3.63, 3.8) is 0 Å². The molecule has 0 bridgehead atoms. The van der Waals surface area contributed by atoms with E-state index >= 15 is 0 Å². The van der Waals surface area contributed by atoms with Gasteiger partial charge in [0.25, 0.3) is 0 Å². The van der Waals surface area contributed by atoms with Gasteiger partial charge in [0.2, 0.25) is 10.0 Å². The predicted molar refractivity (Wildman–Crippen MR) is 50.9 cm³/mol. The van der Waals surface area contributed by atoms with Crippen LogP contribution < -0.4 is 5.14 Å². The molecule has 4 nitrogen and oxygen atoms in total. The van der Waals surface area contributed by atoms with Gasteiger partial charge < -0.3 is 0 Å². The van der Waals surface area contributed by atoms with Crippen LogP contribution in [0.3, 0.4) is 0 Å². The summed E-state index contributed by atoms with van der Waals surface area (Å²) in [5.74, 6) is 0.440. The van der Waals surface area contributed by atoms with Crippen molar-refractivity contribution in [2.24, 2.45) is 5.14 Å². The van der Waals surface area contributed by atoms with Crippen molar-refractivity contribution >= 4 is 21.4 Å². The molecule has 0 atom stereocenters. The number of thiazole rings is 1. The minimum absolute atomic E-state index is 0.143. The lowest BCUT2D eigenvalue weighted by atomic mass is 10.4. The van der Waals surface area contributed by atoms with Crippen molar-refractivity contribution in [1.29, 1.82) is 0 Å². The highest BCUT2D eigenvalue weighted by Crippen LogP contribution is 2.41. The second kappa shape index (κ2) is 3.04. The Balaban J connectivity index is 2.13. The molecule has 0 saturated heterocycles. The average Bonchev–Trinajstić information content (AvgIpc) is 2.72. The van der Waals surface area contributed by atoms with Gasteiger partial charge in [0.05, 0.1) is 10.7 Å². The largest absolute Gasteiger partial charge is 0.245 e. The van der Waals surface area contributed by atoms with Gasteiger partial charge >= 0.3 is 0 Å². The Hall–Kier alpha value is -0.460. The molecule has 1 aliphatic rings. The molecular weight excluding hydrogens is 208 g/mol. The summed E-state index contributed by atoms with van der Waals surface area (Å²) in [6.45, 7) is 0. The van der Waals surface area contributed by atoms with Gasteiger partial charge in [-0.3, -0.25) is 0 Å². The summed E-state index contributed by atoms with van der Waals surface area (Å²) in [4.78, 5) is 4.22. The van der Waals surface area contributed by atoms with Crippen LogP contribution in [-0.2, 0) is 15.8 Å². The molecule has 0 aliphatic heterocycles. The second-order valence-electron chi connectivity index (χ2n) is 3.26. The summed E-state index contributed by atoms with van der Waals surface area (Å²) in [6, 6.07) is 0.